The lowest BCUT2D eigenvalue weighted by Crippen LogP contribution is -2.41. The van der Waals surface area contributed by atoms with Crippen molar-refractivity contribution in [3.8, 4) is 17.2 Å². The number of benzene rings is 1. The summed E-state index contributed by atoms with van der Waals surface area (Å²) in [4.78, 5) is 18.3. The summed E-state index contributed by atoms with van der Waals surface area (Å²) in [6.07, 6.45) is 3.24. The van der Waals surface area contributed by atoms with Crippen LogP contribution in [-0.4, -0.2) is 55.4 Å². The van der Waals surface area contributed by atoms with Crippen LogP contribution >= 0.6 is 0 Å². The van der Waals surface area contributed by atoms with Crippen LogP contribution < -0.4 is 14.2 Å². The van der Waals surface area contributed by atoms with Gasteiger partial charge in [-0.3, -0.25) is 14.7 Å². The second-order valence-corrected chi connectivity index (χ2v) is 6.75. The first-order valence-electron chi connectivity index (χ1n) is 9.27. The van der Waals surface area contributed by atoms with Gasteiger partial charge in [0.05, 0.1) is 39.0 Å². The smallest absolute Gasteiger partial charge is 0.307 e. The Morgan fingerprint density at radius 1 is 1.14 bits per heavy atom. The van der Waals surface area contributed by atoms with Gasteiger partial charge in [0.25, 0.3) is 0 Å². The quantitative estimate of drug-likeness (QED) is 0.783. The molecule has 2 heterocycles. The summed E-state index contributed by atoms with van der Waals surface area (Å²) in [6, 6.07) is 9.27. The van der Waals surface area contributed by atoms with Crippen molar-refractivity contribution >= 4 is 5.97 Å². The fourth-order valence-corrected chi connectivity index (χ4v) is 3.86. The molecular formula is C21H26N2O5. The van der Waals surface area contributed by atoms with Gasteiger partial charge in [-0.1, -0.05) is 6.07 Å². The van der Waals surface area contributed by atoms with Crippen molar-refractivity contribution in [2.45, 2.75) is 18.9 Å². The third-order valence-electron chi connectivity index (χ3n) is 5.16. The molecular weight excluding hydrogens is 360 g/mol. The number of ether oxygens (including phenoxy) is 3. The molecule has 0 spiro atoms. The monoisotopic (exact) mass is 386 g/mol. The van der Waals surface area contributed by atoms with E-state index in [1.807, 2.05) is 30.3 Å². The maximum absolute atomic E-state index is 11.6. The number of carboxylic acids is 1. The molecule has 2 unspecified atom stereocenters. The largest absolute Gasteiger partial charge is 0.493 e. The Morgan fingerprint density at radius 2 is 1.93 bits per heavy atom. The average molecular weight is 386 g/mol. The number of rotatable bonds is 7. The van der Waals surface area contributed by atoms with E-state index >= 15 is 0 Å². The van der Waals surface area contributed by atoms with Crippen LogP contribution in [0.3, 0.4) is 0 Å². The topological polar surface area (TPSA) is 81.1 Å². The van der Waals surface area contributed by atoms with Gasteiger partial charge in [0.1, 0.15) is 0 Å². The van der Waals surface area contributed by atoms with Crippen LogP contribution in [0.25, 0.3) is 0 Å². The van der Waals surface area contributed by atoms with E-state index in [4.69, 9.17) is 14.2 Å². The van der Waals surface area contributed by atoms with Crippen molar-refractivity contribution in [1.82, 2.24) is 9.88 Å². The molecule has 28 heavy (non-hydrogen) atoms. The van der Waals surface area contributed by atoms with Gasteiger partial charge in [-0.05, 0) is 43.7 Å². The van der Waals surface area contributed by atoms with Crippen molar-refractivity contribution in [2.24, 2.45) is 5.92 Å². The molecule has 1 N–H and O–H groups in total. The van der Waals surface area contributed by atoms with Gasteiger partial charge in [0, 0.05) is 18.3 Å². The Balaban J connectivity index is 2.12. The lowest BCUT2D eigenvalue weighted by molar-refractivity contribution is -0.143. The SMILES string of the molecule is COc1ccc(C(c2ccccn2)N2CCCC(C(=O)O)C2)c(OC)c1OC. The molecule has 150 valence electrons. The first-order valence-corrected chi connectivity index (χ1v) is 9.27. The molecule has 0 saturated carbocycles. The van der Waals surface area contributed by atoms with Gasteiger partial charge in [-0.2, -0.15) is 0 Å². The second kappa shape index (κ2) is 8.93. The Labute approximate surface area is 164 Å². The highest BCUT2D eigenvalue weighted by Crippen LogP contribution is 2.45. The number of likely N-dealkylation sites (tertiary alicyclic amines) is 1. The van der Waals surface area contributed by atoms with Crippen molar-refractivity contribution in [1.29, 1.82) is 0 Å². The van der Waals surface area contributed by atoms with Crippen LogP contribution in [0.5, 0.6) is 17.2 Å². The van der Waals surface area contributed by atoms with Gasteiger partial charge < -0.3 is 19.3 Å². The van der Waals surface area contributed by atoms with Gasteiger partial charge in [-0.15, -0.1) is 0 Å². The molecule has 2 aromatic rings. The summed E-state index contributed by atoms with van der Waals surface area (Å²) in [7, 11) is 4.74. The van der Waals surface area contributed by atoms with Gasteiger partial charge in [0.15, 0.2) is 11.5 Å². The Kier molecular flexibility index (Phi) is 6.36. The zero-order valence-electron chi connectivity index (χ0n) is 16.4. The number of carbonyl (C=O) groups is 1. The highest BCUT2D eigenvalue weighted by atomic mass is 16.5. The summed E-state index contributed by atoms with van der Waals surface area (Å²) in [5, 5.41) is 9.53. The van der Waals surface area contributed by atoms with E-state index in [9.17, 15) is 9.90 Å². The lowest BCUT2D eigenvalue weighted by Gasteiger charge is -2.37. The molecule has 7 nitrogen and oxygen atoms in total. The molecule has 0 aliphatic carbocycles. The zero-order valence-corrected chi connectivity index (χ0v) is 16.4. The van der Waals surface area contributed by atoms with E-state index in [1.54, 1.807) is 27.5 Å². The Morgan fingerprint density at radius 3 is 2.54 bits per heavy atom. The Bertz CT molecular complexity index is 812. The lowest BCUT2D eigenvalue weighted by atomic mass is 9.92. The first-order chi connectivity index (χ1) is 13.6. The van der Waals surface area contributed by atoms with Gasteiger partial charge >= 0.3 is 5.97 Å². The van der Waals surface area contributed by atoms with Crippen LogP contribution in [0.2, 0.25) is 0 Å². The number of pyridine rings is 1. The van der Waals surface area contributed by atoms with E-state index < -0.39 is 11.9 Å². The number of aromatic nitrogens is 1. The standard InChI is InChI=1S/C21H26N2O5/c1-26-17-10-9-15(19(27-2)20(17)28-3)18(16-8-4-5-11-22-16)23-12-6-7-14(13-23)21(24)25/h4-5,8-11,14,18H,6-7,12-13H2,1-3H3,(H,24,25). The summed E-state index contributed by atoms with van der Waals surface area (Å²) in [6.45, 7) is 1.23. The number of aliphatic carboxylic acids is 1. The van der Waals surface area contributed by atoms with Crippen LogP contribution in [0.15, 0.2) is 36.5 Å². The summed E-state index contributed by atoms with van der Waals surface area (Å²) in [5.41, 5.74) is 1.70. The van der Waals surface area contributed by atoms with Crippen LogP contribution in [0, 0.1) is 5.92 Å². The minimum Gasteiger partial charge on any atom is -0.493 e. The third kappa shape index (κ3) is 3.89. The number of methoxy groups -OCH3 is 3. The number of hydrogen-bond acceptors (Lipinski definition) is 6. The van der Waals surface area contributed by atoms with Crippen LogP contribution in [0.4, 0.5) is 0 Å². The van der Waals surface area contributed by atoms with E-state index in [0.29, 0.717) is 30.2 Å². The molecule has 7 heteroatoms. The predicted octanol–water partition coefficient (Wildman–Crippen LogP) is 2.99. The molecule has 0 radical (unpaired) electrons. The molecule has 3 rings (SSSR count). The molecule has 0 amide bonds. The highest BCUT2D eigenvalue weighted by molar-refractivity contribution is 5.70. The van der Waals surface area contributed by atoms with Crippen molar-refractivity contribution in [3.05, 3.63) is 47.8 Å². The predicted molar refractivity (Wildman–Crippen MR) is 104 cm³/mol. The second-order valence-electron chi connectivity index (χ2n) is 6.75. The fourth-order valence-electron chi connectivity index (χ4n) is 3.86. The van der Waals surface area contributed by atoms with E-state index in [0.717, 1.165) is 24.2 Å². The van der Waals surface area contributed by atoms with E-state index in [1.165, 1.54) is 0 Å². The van der Waals surface area contributed by atoms with E-state index in [2.05, 4.69) is 9.88 Å². The van der Waals surface area contributed by atoms with E-state index in [-0.39, 0.29) is 6.04 Å². The molecule has 1 aromatic heterocycles. The molecule has 1 aromatic carbocycles. The minimum atomic E-state index is -0.760. The number of carboxylic acid groups (broad SMARTS) is 1. The number of piperidine rings is 1. The molecule has 1 saturated heterocycles. The Hall–Kier alpha value is -2.80. The summed E-state index contributed by atoms with van der Waals surface area (Å²) >= 11 is 0. The average Bonchev–Trinajstić information content (AvgIpc) is 2.74. The van der Waals surface area contributed by atoms with Crippen molar-refractivity contribution in [2.75, 3.05) is 34.4 Å². The molecule has 1 aliphatic heterocycles. The molecule has 2 atom stereocenters. The fraction of sp³-hybridized carbons (Fsp3) is 0.429. The molecule has 1 aliphatic rings. The summed E-state index contributed by atoms with van der Waals surface area (Å²) < 4.78 is 16.7. The van der Waals surface area contributed by atoms with Crippen molar-refractivity contribution < 1.29 is 24.1 Å². The van der Waals surface area contributed by atoms with Crippen LogP contribution in [-0.2, 0) is 4.79 Å². The number of nitrogens with zero attached hydrogens (tertiary/aromatic N) is 2. The third-order valence-corrected chi connectivity index (χ3v) is 5.16. The molecule has 0 bridgehead atoms. The van der Waals surface area contributed by atoms with Gasteiger partial charge in [0.2, 0.25) is 5.75 Å². The zero-order chi connectivity index (χ0) is 20.1. The normalized spacial score (nSPS) is 18.3. The van der Waals surface area contributed by atoms with Gasteiger partial charge in [-0.25, -0.2) is 0 Å². The highest BCUT2D eigenvalue weighted by Gasteiger charge is 2.34. The van der Waals surface area contributed by atoms with Crippen LogP contribution in [0.1, 0.15) is 30.1 Å². The minimum absolute atomic E-state index is 0.252. The summed E-state index contributed by atoms with van der Waals surface area (Å²) in [5.74, 6) is 0.491. The first kappa shape index (κ1) is 19.9. The number of hydrogen-bond donors (Lipinski definition) is 1. The maximum Gasteiger partial charge on any atom is 0.307 e. The molecule has 1 fully saturated rings. The maximum atomic E-state index is 11.6. The van der Waals surface area contributed by atoms with Crippen molar-refractivity contribution in [3.63, 3.8) is 0 Å².